The predicted octanol–water partition coefficient (Wildman–Crippen LogP) is 2.76. The van der Waals surface area contributed by atoms with Crippen molar-refractivity contribution in [3.05, 3.63) is 34.9 Å². The molecular formula is C18H25ClN2O4. The van der Waals surface area contributed by atoms with Crippen LogP contribution in [0.4, 0.5) is 0 Å². The maximum atomic E-state index is 12.1. The van der Waals surface area contributed by atoms with Gasteiger partial charge in [0.2, 0.25) is 11.8 Å². The maximum Gasteiger partial charge on any atom is 0.307 e. The molecule has 1 unspecified atom stereocenters. The third-order valence-electron chi connectivity index (χ3n) is 3.66. The summed E-state index contributed by atoms with van der Waals surface area (Å²) in [5.74, 6) is -0.565. The van der Waals surface area contributed by atoms with E-state index >= 15 is 0 Å². The zero-order valence-electron chi connectivity index (χ0n) is 14.6. The quantitative estimate of drug-likeness (QED) is 0.491. The Bertz CT molecular complexity index is 575. The number of carbonyl (C=O) groups excluding carboxylic acids is 3. The van der Waals surface area contributed by atoms with E-state index in [4.69, 9.17) is 16.3 Å². The van der Waals surface area contributed by atoms with Crippen LogP contribution >= 0.6 is 11.6 Å². The monoisotopic (exact) mass is 368 g/mol. The molecule has 0 aliphatic heterocycles. The van der Waals surface area contributed by atoms with E-state index in [0.29, 0.717) is 18.0 Å². The Morgan fingerprint density at radius 3 is 2.40 bits per heavy atom. The minimum atomic E-state index is -0.448. The smallest absolute Gasteiger partial charge is 0.307 e. The fraction of sp³-hybridized carbons (Fsp3) is 0.500. The summed E-state index contributed by atoms with van der Waals surface area (Å²) in [4.78, 5) is 34.5. The van der Waals surface area contributed by atoms with Gasteiger partial charge in [-0.05, 0) is 30.5 Å². The van der Waals surface area contributed by atoms with Crippen LogP contribution in [-0.2, 0) is 19.1 Å². The number of esters is 1. The summed E-state index contributed by atoms with van der Waals surface area (Å²) in [5, 5.41) is 6.18. The molecule has 0 saturated carbocycles. The molecule has 1 rings (SSSR count). The van der Waals surface area contributed by atoms with E-state index in [0.717, 1.165) is 24.8 Å². The molecular weight excluding hydrogens is 344 g/mol. The van der Waals surface area contributed by atoms with Gasteiger partial charge in [0.25, 0.3) is 0 Å². The van der Waals surface area contributed by atoms with E-state index in [1.165, 1.54) is 14.0 Å². The van der Waals surface area contributed by atoms with Gasteiger partial charge in [0.15, 0.2) is 0 Å². The summed E-state index contributed by atoms with van der Waals surface area (Å²) in [6.45, 7) is 2.10. The first-order chi connectivity index (χ1) is 11.9. The second-order valence-electron chi connectivity index (χ2n) is 5.75. The maximum absolute atomic E-state index is 12.1. The van der Waals surface area contributed by atoms with Crippen molar-refractivity contribution >= 4 is 29.4 Å². The van der Waals surface area contributed by atoms with Gasteiger partial charge in [0.1, 0.15) is 0 Å². The Kier molecular flexibility index (Phi) is 9.62. The Labute approximate surface area is 153 Å². The Morgan fingerprint density at radius 2 is 1.80 bits per heavy atom. The van der Waals surface area contributed by atoms with Gasteiger partial charge < -0.3 is 15.4 Å². The Balaban J connectivity index is 2.47. The molecule has 2 N–H and O–H groups in total. The van der Waals surface area contributed by atoms with Crippen LogP contribution in [0, 0.1) is 0 Å². The third kappa shape index (κ3) is 9.10. The fourth-order valence-corrected chi connectivity index (χ4v) is 2.44. The number of benzene rings is 1. The van der Waals surface area contributed by atoms with Crippen molar-refractivity contribution in [2.75, 3.05) is 13.7 Å². The van der Waals surface area contributed by atoms with E-state index in [-0.39, 0.29) is 18.2 Å². The highest BCUT2D eigenvalue weighted by molar-refractivity contribution is 6.30. The summed E-state index contributed by atoms with van der Waals surface area (Å²) in [7, 11) is 1.32. The number of nitrogens with one attached hydrogen (secondary N) is 2. The van der Waals surface area contributed by atoms with Crippen LogP contribution in [0.1, 0.15) is 50.6 Å². The van der Waals surface area contributed by atoms with Gasteiger partial charge in [0.05, 0.1) is 19.6 Å². The average molecular weight is 369 g/mol. The number of hydrogen-bond acceptors (Lipinski definition) is 4. The second-order valence-corrected chi connectivity index (χ2v) is 6.18. The largest absolute Gasteiger partial charge is 0.469 e. The van der Waals surface area contributed by atoms with Gasteiger partial charge in [0, 0.05) is 24.9 Å². The number of amides is 2. The minimum Gasteiger partial charge on any atom is -0.469 e. The molecule has 138 valence electrons. The summed E-state index contributed by atoms with van der Waals surface area (Å²) >= 11 is 5.88. The first kappa shape index (κ1) is 21.0. The summed E-state index contributed by atoms with van der Waals surface area (Å²) < 4.78 is 4.70. The van der Waals surface area contributed by atoms with Crippen molar-refractivity contribution in [1.29, 1.82) is 0 Å². The zero-order valence-corrected chi connectivity index (χ0v) is 15.4. The van der Waals surface area contributed by atoms with Crippen molar-refractivity contribution in [2.45, 2.75) is 45.1 Å². The molecule has 1 aromatic rings. The number of methoxy groups -OCH3 is 1. The minimum absolute atomic E-state index is 0.0497. The van der Waals surface area contributed by atoms with Crippen LogP contribution in [0.15, 0.2) is 24.3 Å². The van der Waals surface area contributed by atoms with Gasteiger partial charge in [-0.25, -0.2) is 0 Å². The molecule has 1 aromatic carbocycles. The van der Waals surface area contributed by atoms with Gasteiger partial charge in [-0.3, -0.25) is 14.4 Å². The number of carbonyl (C=O) groups is 3. The number of unbranched alkanes of at least 4 members (excludes halogenated alkanes) is 2. The average Bonchev–Trinajstić information content (AvgIpc) is 2.57. The molecule has 0 aliphatic rings. The van der Waals surface area contributed by atoms with Gasteiger partial charge in [-0.1, -0.05) is 30.2 Å². The molecule has 2 amide bonds. The second kappa shape index (κ2) is 11.5. The van der Waals surface area contributed by atoms with Crippen molar-refractivity contribution in [3.63, 3.8) is 0 Å². The highest BCUT2D eigenvalue weighted by Gasteiger charge is 2.18. The lowest BCUT2D eigenvalue weighted by atomic mass is 10.0. The molecule has 1 atom stereocenters. The Hall–Kier alpha value is -2.08. The molecule has 6 nitrogen and oxygen atoms in total. The molecule has 7 heteroatoms. The molecule has 0 radical (unpaired) electrons. The molecule has 0 heterocycles. The normalized spacial score (nSPS) is 11.5. The standard InChI is InChI=1S/C18H25ClN2O4/c1-13(22)20-11-5-3-4-6-17(23)21-16(12-18(24)25-2)14-7-9-15(19)10-8-14/h7-10,16H,3-6,11-12H2,1-2H3,(H,20,22)(H,21,23). The summed E-state index contributed by atoms with van der Waals surface area (Å²) in [6, 6.07) is 6.55. The van der Waals surface area contributed by atoms with Crippen LogP contribution in [0.2, 0.25) is 5.02 Å². The molecule has 0 aliphatic carbocycles. The third-order valence-corrected chi connectivity index (χ3v) is 3.91. The van der Waals surface area contributed by atoms with E-state index in [9.17, 15) is 14.4 Å². The van der Waals surface area contributed by atoms with E-state index in [1.807, 2.05) is 0 Å². The number of rotatable bonds is 10. The molecule has 0 aromatic heterocycles. The van der Waals surface area contributed by atoms with Crippen molar-refractivity contribution < 1.29 is 19.1 Å². The first-order valence-corrected chi connectivity index (χ1v) is 8.66. The number of halogens is 1. The lowest BCUT2D eigenvalue weighted by molar-refractivity contribution is -0.141. The topological polar surface area (TPSA) is 84.5 Å². The molecule has 0 saturated heterocycles. The van der Waals surface area contributed by atoms with E-state index in [1.54, 1.807) is 24.3 Å². The van der Waals surface area contributed by atoms with Gasteiger partial charge in [-0.2, -0.15) is 0 Å². The molecule has 25 heavy (non-hydrogen) atoms. The molecule has 0 fully saturated rings. The summed E-state index contributed by atoms with van der Waals surface area (Å²) in [5.41, 5.74) is 0.800. The number of ether oxygens (including phenoxy) is 1. The molecule has 0 bridgehead atoms. The van der Waals surface area contributed by atoms with Crippen LogP contribution in [0.3, 0.4) is 0 Å². The van der Waals surface area contributed by atoms with E-state index in [2.05, 4.69) is 10.6 Å². The van der Waals surface area contributed by atoms with Crippen LogP contribution < -0.4 is 10.6 Å². The Morgan fingerprint density at radius 1 is 1.12 bits per heavy atom. The van der Waals surface area contributed by atoms with Crippen molar-refractivity contribution in [3.8, 4) is 0 Å². The highest BCUT2D eigenvalue weighted by atomic mass is 35.5. The van der Waals surface area contributed by atoms with Crippen molar-refractivity contribution in [2.24, 2.45) is 0 Å². The predicted molar refractivity (Wildman–Crippen MR) is 96.1 cm³/mol. The lowest BCUT2D eigenvalue weighted by Crippen LogP contribution is -2.30. The first-order valence-electron chi connectivity index (χ1n) is 8.28. The highest BCUT2D eigenvalue weighted by Crippen LogP contribution is 2.20. The van der Waals surface area contributed by atoms with Crippen LogP contribution in [-0.4, -0.2) is 31.4 Å². The molecule has 0 spiro atoms. The summed E-state index contributed by atoms with van der Waals surface area (Å²) in [6.07, 6.45) is 2.82. The van der Waals surface area contributed by atoms with Crippen molar-refractivity contribution in [1.82, 2.24) is 10.6 Å². The van der Waals surface area contributed by atoms with Crippen LogP contribution in [0.5, 0.6) is 0 Å². The van der Waals surface area contributed by atoms with Gasteiger partial charge in [-0.15, -0.1) is 0 Å². The fourth-order valence-electron chi connectivity index (χ4n) is 2.32. The van der Waals surface area contributed by atoms with Crippen LogP contribution in [0.25, 0.3) is 0 Å². The van der Waals surface area contributed by atoms with E-state index < -0.39 is 12.0 Å². The SMILES string of the molecule is COC(=O)CC(NC(=O)CCCCCNC(C)=O)c1ccc(Cl)cc1. The lowest BCUT2D eigenvalue weighted by Gasteiger charge is -2.18. The zero-order chi connectivity index (χ0) is 18.7. The number of hydrogen-bond donors (Lipinski definition) is 2. The van der Waals surface area contributed by atoms with Gasteiger partial charge >= 0.3 is 5.97 Å².